The van der Waals surface area contributed by atoms with Gasteiger partial charge in [-0.15, -0.1) is 0 Å². The molecule has 0 aliphatic rings. The molecule has 1 unspecified atom stereocenters. The highest BCUT2D eigenvalue weighted by molar-refractivity contribution is 7.92. The molecule has 0 saturated heterocycles. The molecule has 0 heterocycles. The van der Waals surface area contributed by atoms with Crippen molar-refractivity contribution < 1.29 is 27.7 Å². The number of halogens is 2. The van der Waals surface area contributed by atoms with Crippen molar-refractivity contribution in [3.05, 3.63) is 98.0 Å². The fourth-order valence-corrected chi connectivity index (χ4v) is 5.73. The average molecular weight is 652 g/mol. The van der Waals surface area contributed by atoms with E-state index in [1.807, 2.05) is 6.07 Å². The number of rotatable bonds is 13. The van der Waals surface area contributed by atoms with Crippen molar-refractivity contribution in [1.29, 1.82) is 0 Å². The van der Waals surface area contributed by atoms with Crippen LogP contribution in [-0.2, 0) is 32.6 Å². The molecule has 1 atom stereocenters. The van der Waals surface area contributed by atoms with Crippen LogP contribution in [0.25, 0.3) is 0 Å². The van der Waals surface area contributed by atoms with Gasteiger partial charge in [0.15, 0.2) is 0 Å². The molecule has 3 rings (SSSR count). The summed E-state index contributed by atoms with van der Waals surface area (Å²) in [7, 11) is -2.94. The van der Waals surface area contributed by atoms with Crippen molar-refractivity contribution in [3.8, 4) is 5.75 Å². The summed E-state index contributed by atoms with van der Waals surface area (Å²) in [6.07, 6.45) is 0.951. The van der Waals surface area contributed by atoms with Crippen molar-refractivity contribution in [1.82, 2.24) is 10.2 Å². The molecule has 0 aliphatic heterocycles. The smallest absolute Gasteiger partial charge is 0.271 e. The predicted molar refractivity (Wildman–Crippen MR) is 166 cm³/mol. The van der Waals surface area contributed by atoms with Crippen LogP contribution < -0.4 is 14.4 Å². The van der Waals surface area contributed by atoms with Crippen molar-refractivity contribution in [2.45, 2.75) is 38.9 Å². The third kappa shape index (κ3) is 8.82. The molecule has 2 amide bonds. The predicted octanol–water partition coefficient (Wildman–Crippen LogP) is 4.84. The van der Waals surface area contributed by atoms with Gasteiger partial charge in [0.1, 0.15) is 24.0 Å². The number of nitro groups is 1. The second-order valence-corrected chi connectivity index (χ2v) is 12.7. The van der Waals surface area contributed by atoms with Crippen LogP contribution in [0.2, 0.25) is 10.0 Å². The molecule has 11 nitrogen and oxygen atoms in total. The van der Waals surface area contributed by atoms with E-state index in [0.29, 0.717) is 9.87 Å². The first kappa shape index (κ1) is 33.6. The lowest BCUT2D eigenvalue weighted by Gasteiger charge is -2.34. The van der Waals surface area contributed by atoms with E-state index < -0.39 is 45.0 Å². The summed E-state index contributed by atoms with van der Waals surface area (Å²) in [5.41, 5.74) is 0.479. The zero-order valence-corrected chi connectivity index (χ0v) is 26.3. The average Bonchev–Trinajstić information content (AvgIpc) is 2.94. The van der Waals surface area contributed by atoms with Gasteiger partial charge in [-0.05, 0) is 37.6 Å². The Bertz CT molecular complexity index is 1570. The normalized spacial score (nSPS) is 12.0. The molecule has 3 aromatic carbocycles. The maximum Gasteiger partial charge on any atom is 0.271 e. The number of carbonyl (C=O) groups is 2. The Morgan fingerprint density at radius 3 is 2.19 bits per heavy atom. The first-order chi connectivity index (χ1) is 20.2. The van der Waals surface area contributed by atoms with E-state index >= 15 is 0 Å². The Kier molecular flexibility index (Phi) is 11.4. The van der Waals surface area contributed by atoms with Crippen LogP contribution in [0.5, 0.6) is 5.75 Å². The number of anilines is 1. The van der Waals surface area contributed by atoms with E-state index in [1.165, 1.54) is 18.1 Å². The quantitative estimate of drug-likeness (QED) is 0.206. The number of nitro benzene ring substituents is 1. The topological polar surface area (TPSA) is 139 Å². The summed E-state index contributed by atoms with van der Waals surface area (Å²) in [4.78, 5) is 39.9. The number of ether oxygens (including phenoxy) is 1. The Labute approximate surface area is 260 Å². The molecular formula is C29H32Cl2N4O7S. The molecule has 0 saturated carbocycles. The molecule has 0 bridgehead atoms. The van der Waals surface area contributed by atoms with Gasteiger partial charge in [0.25, 0.3) is 5.69 Å². The van der Waals surface area contributed by atoms with Gasteiger partial charge in [0, 0.05) is 46.7 Å². The molecule has 3 aromatic rings. The Balaban J connectivity index is 2.17. The Hall–Kier alpha value is -3.87. The highest BCUT2D eigenvalue weighted by Gasteiger charge is 2.35. The van der Waals surface area contributed by atoms with Crippen LogP contribution in [0, 0.1) is 10.1 Å². The highest BCUT2D eigenvalue weighted by Crippen LogP contribution is 2.34. The van der Waals surface area contributed by atoms with Crippen molar-refractivity contribution >= 4 is 56.4 Å². The maximum absolute atomic E-state index is 14.2. The summed E-state index contributed by atoms with van der Waals surface area (Å²) in [5, 5.41) is 14.8. The number of benzene rings is 3. The first-order valence-electron chi connectivity index (χ1n) is 13.1. The molecule has 43 heavy (non-hydrogen) atoms. The number of nitrogens with zero attached hydrogens (tertiary/aromatic N) is 3. The number of hydrogen-bond acceptors (Lipinski definition) is 7. The number of sulfonamides is 1. The van der Waals surface area contributed by atoms with Gasteiger partial charge in [-0.1, -0.05) is 59.6 Å². The lowest BCUT2D eigenvalue weighted by Crippen LogP contribution is -2.54. The third-order valence-corrected chi connectivity index (χ3v) is 8.25. The molecule has 230 valence electrons. The number of nitrogens with one attached hydrogen (secondary N) is 1. The van der Waals surface area contributed by atoms with Gasteiger partial charge < -0.3 is 15.0 Å². The molecule has 0 aliphatic carbocycles. The SMILES string of the molecule is COc1ccc([N+](=O)[O-])cc1N(CC(=O)N(Cc1c(Cl)cccc1Cl)C(Cc1ccccc1)C(=O)NC(C)C)S(C)(=O)=O. The summed E-state index contributed by atoms with van der Waals surface area (Å²) < 4.78 is 32.1. The number of amides is 2. The van der Waals surface area contributed by atoms with E-state index in [1.54, 1.807) is 56.3 Å². The molecule has 0 aromatic heterocycles. The minimum absolute atomic E-state index is 0.0112. The van der Waals surface area contributed by atoms with Crippen LogP contribution in [0.4, 0.5) is 11.4 Å². The number of non-ortho nitro benzene ring substituents is 1. The van der Waals surface area contributed by atoms with E-state index in [0.717, 1.165) is 24.0 Å². The second-order valence-electron chi connectivity index (χ2n) is 9.97. The van der Waals surface area contributed by atoms with Crippen molar-refractivity contribution in [2.75, 3.05) is 24.2 Å². The monoisotopic (exact) mass is 650 g/mol. The van der Waals surface area contributed by atoms with Gasteiger partial charge >= 0.3 is 0 Å². The molecular weight excluding hydrogens is 619 g/mol. The summed E-state index contributed by atoms with van der Waals surface area (Å²) in [6, 6.07) is 15.8. The van der Waals surface area contributed by atoms with E-state index in [9.17, 15) is 28.1 Å². The van der Waals surface area contributed by atoms with Crippen LogP contribution in [0.1, 0.15) is 25.0 Å². The van der Waals surface area contributed by atoms with Crippen LogP contribution in [0.3, 0.4) is 0 Å². The van der Waals surface area contributed by atoms with E-state index in [2.05, 4.69) is 5.32 Å². The van der Waals surface area contributed by atoms with Crippen LogP contribution in [0.15, 0.2) is 66.7 Å². The van der Waals surface area contributed by atoms with Gasteiger partial charge in [-0.25, -0.2) is 8.42 Å². The number of hydrogen-bond donors (Lipinski definition) is 1. The second kappa shape index (κ2) is 14.5. The van der Waals surface area contributed by atoms with Gasteiger partial charge in [-0.2, -0.15) is 0 Å². The van der Waals surface area contributed by atoms with Gasteiger partial charge in [-0.3, -0.25) is 24.0 Å². The molecule has 0 radical (unpaired) electrons. The number of carbonyl (C=O) groups excluding carboxylic acids is 2. The van der Waals surface area contributed by atoms with Crippen LogP contribution >= 0.6 is 23.2 Å². The fourth-order valence-electron chi connectivity index (χ4n) is 4.37. The van der Waals surface area contributed by atoms with E-state index in [-0.39, 0.29) is 40.5 Å². The largest absolute Gasteiger partial charge is 0.495 e. The fraction of sp³-hybridized carbons (Fsp3) is 0.310. The molecule has 0 fully saturated rings. The Morgan fingerprint density at radius 1 is 1.02 bits per heavy atom. The zero-order chi connectivity index (χ0) is 31.9. The highest BCUT2D eigenvalue weighted by atomic mass is 35.5. The minimum atomic E-state index is -4.20. The molecule has 1 N–H and O–H groups in total. The standard InChI is InChI=1S/C29H32Cl2N4O7S/c1-19(2)32-29(37)26(15-20-9-6-5-7-10-20)33(17-22-23(30)11-8-12-24(22)31)28(36)18-34(43(4,40)41)25-16-21(35(38)39)13-14-27(25)42-3/h5-14,16,19,26H,15,17-18H2,1-4H3,(H,32,37). The summed E-state index contributed by atoms with van der Waals surface area (Å²) in [5.74, 6) is -1.27. The lowest BCUT2D eigenvalue weighted by atomic mass is 10.0. The summed E-state index contributed by atoms with van der Waals surface area (Å²) >= 11 is 12.9. The summed E-state index contributed by atoms with van der Waals surface area (Å²) in [6.45, 7) is 2.51. The van der Waals surface area contributed by atoms with Crippen molar-refractivity contribution in [3.63, 3.8) is 0 Å². The maximum atomic E-state index is 14.2. The Morgan fingerprint density at radius 2 is 1.65 bits per heavy atom. The first-order valence-corrected chi connectivity index (χ1v) is 15.7. The lowest BCUT2D eigenvalue weighted by molar-refractivity contribution is -0.384. The van der Waals surface area contributed by atoms with Crippen LogP contribution in [-0.4, -0.2) is 62.0 Å². The number of methoxy groups -OCH3 is 1. The third-order valence-electron chi connectivity index (χ3n) is 6.41. The van der Waals surface area contributed by atoms with Gasteiger partial charge in [0.2, 0.25) is 21.8 Å². The van der Waals surface area contributed by atoms with E-state index in [4.69, 9.17) is 27.9 Å². The zero-order valence-electron chi connectivity index (χ0n) is 24.0. The van der Waals surface area contributed by atoms with Gasteiger partial charge in [0.05, 0.1) is 18.3 Å². The molecule has 14 heteroatoms. The van der Waals surface area contributed by atoms with Crippen molar-refractivity contribution in [2.24, 2.45) is 0 Å². The minimum Gasteiger partial charge on any atom is -0.495 e. The molecule has 0 spiro atoms.